The van der Waals surface area contributed by atoms with Crippen molar-refractivity contribution in [2.24, 2.45) is 0 Å². The number of aliphatic carboxylic acids is 1. The zero-order valence-corrected chi connectivity index (χ0v) is 16.0. The number of sulfonamides is 1. The van der Waals surface area contributed by atoms with Crippen LogP contribution >= 0.6 is 0 Å². The Morgan fingerprint density at radius 1 is 0.963 bits per heavy atom. The Morgan fingerprint density at radius 2 is 1.48 bits per heavy atom. The third-order valence-electron chi connectivity index (χ3n) is 4.23. The van der Waals surface area contributed by atoms with Crippen molar-refractivity contribution in [1.29, 1.82) is 0 Å². The number of nitrogens with zero attached hydrogens (tertiary/aromatic N) is 2. The highest BCUT2D eigenvalue weighted by Crippen LogP contribution is 2.14. The van der Waals surface area contributed by atoms with Gasteiger partial charge in [-0.1, -0.05) is 48.5 Å². The first-order valence-electron chi connectivity index (χ1n) is 8.27. The zero-order chi connectivity index (χ0) is 20.0. The van der Waals surface area contributed by atoms with E-state index in [0.29, 0.717) is 0 Å². The van der Waals surface area contributed by atoms with E-state index in [0.717, 1.165) is 14.8 Å². The molecule has 2 rings (SSSR count). The van der Waals surface area contributed by atoms with Crippen molar-refractivity contribution in [2.45, 2.75) is 17.4 Å². The average Bonchev–Trinajstić information content (AvgIpc) is 2.66. The molecule has 1 N–H and O–H groups in total. The van der Waals surface area contributed by atoms with E-state index in [1.807, 2.05) is 6.07 Å². The number of benzene rings is 2. The van der Waals surface area contributed by atoms with Gasteiger partial charge in [0.15, 0.2) is 0 Å². The van der Waals surface area contributed by atoms with E-state index in [1.54, 1.807) is 42.5 Å². The summed E-state index contributed by atoms with van der Waals surface area (Å²) >= 11 is 0. The number of hydrogen-bond acceptors (Lipinski definition) is 4. The summed E-state index contributed by atoms with van der Waals surface area (Å²) < 4.78 is 26.0. The lowest BCUT2D eigenvalue weighted by molar-refractivity contribution is -0.149. The van der Waals surface area contributed by atoms with Gasteiger partial charge < -0.3 is 10.0 Å². The molecule has 7 nitrogen and oxygen atoms in total. The normalized spacial score (nSPS) is 12.6. The number of carboxylic acids is 1. The largest absolute Gasteiger partial charge is 0.480 e. The molecule has 0 spiro atoms. The van der Waals surface area contributed by atoms with Gasteiger partial charge >= 0.3 is 5.97 Å². The minimum atomic E-state index is -3.83. The number of likely N-dealkylation sites (N-methyl/N-ethyl adjacent to an activating group) is 2. The van der Waals surface area contributed by atoms with Gasteiger partial charge in [0.1, 0.15) is 6.04 Å². The average molecular weight is 390 g/mol. The van der Waals surface area contributed by atoms with Crippen molar-refractivity contribution in [3.05, 3.63) is 66.2 Å². The number of carbonyl (C=O) groups excluding carboxylic acids is 1. The van der Waals surface area contributed by atoms with Gasteiger partial charge in [-0.25, -0.2) is 13.2 Å². The monoisotopic (exact) mass is 390 g/mol. The van der Waals surface area contributed by atoms with Crippen LogP contribution in [-0.2, 0) is 26.0 Å². The van der Waals surface area contributed by atoms with Crippen molar-refractivity contribution in [3.63, 3.8) is 0 Å². The molecule has 1 amide bonds. The lowest BCUT2D eigenvalue weighted by atomic mass is 10.1. The molecule has 144 valence electrons. The summed E-state index contributed by atoms with van der Waals surface area (Å²) in [6.07, 6.45) is 0.133. The molecule has 0 fully saturated rings. The van der Waals surface area contributed by atoms with Gasteiger partial charge in [-0.3, -0.25) is 4.79 Å². The molecule has 2 aromatic carbocycles. The molecule has 0 aromatic heterocycles. The Balaban J connectivity index is 2.11. The predicted molar refractivity (Wildman–Crippen MR) is 101 cm³/mol. The molecule has 0 aliphatic rings. The fourth-order valence-corrected chi connectivity index (χ4v) is 3.70. The maximum Gasteiger partial charge on any atom is 0.326 e. The van der Waals surface area contributed by atoms with Crippen LogP contribution in [0.4, 0.5) is 0 Å². The second-order valence-electron chi connectivity index (χ2n) is 6.12. The number of amides is 1. The maximum absolute atomic E-state index is 12.5. The molecule has 0 saturated heterocycles. The van der Waals surface area contributed by atoms with Gasteiger partial charge in [0.25, 0.3) is 0 Å². The highest BCUT2D eigenvalue weighted by Gasteiger charge is 2.30. The van der Waals surface area contributed by atoms with Crippen LogP contribution in [0.25, 0.3) is 0 Å². The third-order valence-corrected chi connectivity index (χ3v) is 6.04. The van der Waals surface area contributed by atoms with Crippen LogP contribution in [0.3, 0.4) is 0 Å². The summed E-state index contributed by atoms with van der Waals surface area (Å²) in [6.45, 7) is -0.452. The fraction of sp³-hybridized carbons (Fsp3) is 0.263. The number of carbonyl (C=O) groups is 2. The first-order chi connectivity index (χ1) is 12.7. The molecule has 1 unspecified atom stereocenters. The van der Waals surface area contributed by atoms with Gasteiger partial charge in [0.05, 0.1) is 11.4 Å². The Kier molecular flexibility index (Phi) is 6.70. The smallest absolute Gasteiger partial charge is 0.326 e. The lowest BCUT2D eigenvalue weighted by Crippen LogP contribution is -2.48. The zero-order valence-electron chi connectivity index (χ0n) is 15.1. The number of rotatable bonds is 8. The molecule has 0 aliphatic heterocycles. The third kappa shape index (κ3) is 5.15. The molecule has 1 atom stereocenters. The first kappa shape index (κ1) is 20.6. The summed E-state index contributed by atoms with van der Waals surface area (Å²) in [5.74, 6) is -1.75. The van der Waals surface area contributed by atoms with Gasteiger partial charge in [0.2, 0.25) is 15.9 Å². The van der Waals surface area contributed by atoms with E-state index in [-0.39, 0.29) is 11.3 Å². The molecule has 0 aliphatic carbocycles. The Bertz CT molecular complexity index is 885. The second kappa shape index (κ2) is 8.79. The fourth-order valence-electron chi connectivity index (χ4n) is 2.56. The Morgan fingerprint density at radius 3 is 2.00 bits per heavy atom. The van der Waals surface area contributed by atoms with Crippen molar-refractivity contribution in [1.82, 2.24) is 9.21 Å². The molecule has 2 aromatic rings. The topological polar surface area (TPSA) is 95.0 Å². The van der Waals surface area contributed by atoms with Gasteiger partial charge in [-0.2, -0.15) is 4.31 Å². The van der Waals surface area contributed by atoms with Crippen LogP contribution in [0, 0.1) is 0 Å². The SMILES string of the molecule is CN(C(=O)CN(C)S(=O)(=O)c1ccccc1)C(Cc1ccccc1)C(=O)O. The van der Waals surface area contributed by atoms with Crippen molar-refractivity contribution in [3.8, 4) is 0 Å². The van der Waals surface area contributed by atoms with E-state index in [2.05, 4.69) is 0 Å². The van der Waals surface area contributed by atoms with Gasteiger partial charge in [0, 0.05) is 20.5 Å². The lowest BCUT2D eigenvalue weighted by Gasteiger charge is -2.27. The van der Waals surface area contributed by atoms with E-state index in [4.69, 9.17) is 0 Å². The van der Waals surface area contributed by atoms with Crippen molar-refractivity contribution < 1.29 is 23.1 Å². The van der Waals surface area contributed by atoms with Crippen LogP contribution in [0.1, 0.15) is 5.56 Å². The molecular weight excluding hydrogens is 368 g/mol. The molecule has 0 saturated carbocycles. The Hall–Kier alpha value is -2.71. The minimum Gasteiger partial charge on any atom is -0.480 e. The second-order valence-corrected chi connectivity index (χ2v) is 8.17. The van der Waals surface area contributed by atoms with Crippen LogP contribution < -0.4 is 0 Å². The first-order valence-corrected chi connectivity index (χ1v) is 9.71. The molecular formula is C19H22N2O5S. The molecule has 27 heavy (non-hydrogen) atoms. The highest BCUT2D eigenvalue weighted by atomic mass is 32.2. The van der Waals surface area contributed by atoms with Crippen molar-refractivity contribution >= 4 is 21.9 Å². The van der Waals surface area contributed by atoms with Crippen LogP contribution in [0.2, 0.25) is 0 Å². The standard InChI is InChI=1S/C19H22N2O5S/c1-20(27(25,26)16-11-7-4-8-12-16)14-18(22)21(2)17(19(23)24)13-15-9-5-3-6-10-15/h3-12,17H,13-14H2,1-2H3,(H,23,24). The molecule has 0 heterocycles. The molecule has 0 radical (unpaired) electrons. The number of hydrogen-bond donors (Lipinski definition) is 1. The quantitative estimate of drug-likeness (QED) is 0.736. The van der Waals surface area contributed by atoms with E-state index in [9.17, 15) is 23.1 Å². The van der Waals surface area contributed by atoms with Gasteiger partial charge in [-0.05, 0) is 17.7 Å². The molecule has 8 heteroatoms. The summed E-state index contributed by atoms with van der Waals surface area (Å²) in [7, 11) is -1.17. The van der Waals surface area contributed by atoms with Gasteiger partial charge in [-0.15, -0.1) is 0 Å². The van der Waals surface area contributed by atoms with E-state index in [1.165, 1.54) is 26.2 Å². The highest BCUT2D eigenvalue weighted by molar-refractivity contribution is 7.89. The summed E-state index contributed by atoms with van der Waals surface area (Å²) in [6, 6.07) is 15.6. The van der Waals surface area contributed by atoms with Crippen LogP contribution in [0.15, 0.2) is 65.6 Å². The van der Waals surface area contributed by atoms with E-state index >= 15 is 0 Å². The minimum absolute atomic E-state index is 0.0713. The summed E-state index contributed by atoms with van der Waals surface area (Å²) in [5.41, 5.74) is 0.773. The summed E-state index contributed by atoms with van der Waals surface area (Å²) in [4.78, 5) is 25.3. The van der Waals surface area contributed by atoms with Crippen LogP contribution in [-0.4, -0.2) is 61.3 Å². The Labute approximate surface area is 158 Å². The summed E-state index contributed by atoms with van der Waals surface area (Å²) in [5, 5.41) is 9.50. The predicted octanol–water partition coefficient (Wildman–Crippen LogP) is 1.46. The van der Waals surface area contributed by atoms with Crippen LogP contribution in [0.5, 0.6) is 0 Å². The van der Waals surface area contributed by atoms with E-state index < -0.39 is 34.5 Å². The van der Waals surface area contributed by atoms with Crippen molar-refractivity contribution in [2.75, 3.05) is 20.6 Å². The number of carboxylic acid groups (broad SMARTS) is 1. The molecule has 0 bridgehead atoms. The maximum atomic E-state index is 12.5.